The van der Waals surface area contributed by atoms with Crippen molar-refractivity contribution in [3.8, 4) is 5.75 Å². The van der Waals surface area contributed by atoms with E-state index in [2.05, 4.69) is 29.6 Å². The van der Waals surface area contributed by atoms with Gasteiger partial charge < -0.3 is 10.0 Å². The van der Waals surface area contributed by atoms with Crippen molar-refractivity contribution in [3.63, 3.8) is 0 Å². The smallest absolute Gasteiger partial charge is 0.134 e. The van der Waals surface area contributed by atoms with Gasteiger partial charge in [-0.05, 0) is 36.5 Å². The van der Waals surface area contributed by atoms with Crippen LogP contribution in [-0.2, 0) is 0 Å². The molecule has 0 aliphatic heterocycles. The fourth-order valence-electron chi connectivity index (χ4n) is 2.43. The third-order valence-corrected chi connectivity index (χ3v) is 4.46. The quantitative estimate of drug-likeness (QED) is 0.716. The molecule has 3 aromatic rings. The average Bonchev–Trinajstić information content (AvgIpc) is 3.05. The summed E-state index contributed by atoms with van der Waals surface area (Å²) in [5.41, 5.74) is 0. The van der Waals surface area contributed by atoms with E-state index >= 15 is 0 Å². The standard InChI is InChI=1S/C18H19NOS/c1-19-12-11-17(18-10-5-13-21-18)20-16-9-4-7-14-6-2-3-8-15(14)16/h2-10,13,17,19H,11-12H2,1H3/t17-/m0/s1/i/hD. The highest BCUT2D eigenvalue weighted by atomic mass is 32.1. The molecule has 0 bridgehead atoms. The van der Waals surface area contributed by atoms with Gasteiger partial charge >= 0.3 is 0 Å². The van der Waals surface area contributed by atoms with Gasteiger partial charge in [0.25, 0.3) is 0 Å². The highest BCUT2D eigenvalue weighted by Gasteiger charge is 2.15. The van der Waals surface area contributed by atoms with Crippen LogP contribution in [-0.4, -0.2) is 13.6 Å². The summed E-state index contributed by atoms with van der Waals surface area (Å²) in [5.74, 6) is 0.907. The van der Waals surface area contributed by atoms with Gasteiger partial charge in [0.15, 0.2) is 0 Å². The van der Waals surface area contributed by atoms with Crippen molar-refractivity contribution in [1.82, 2.24) is 5.31 Å². The number of hydrogen-bond acceptors (Lipinski definition) is 3. The number of rotatable bonds is 6. The third-order valence-electron chi connectivity index (χ3n) is 3.49. The van der Waals surface area contributed by atoms with E-state index in [1.807, 2.05) is 30.3 Å². The molecule has 0 saturated carbocycles. The molecule has 2 aromatic carbocycles. The summed E-state index contributed by atoms with van der Waals surface area (Å²) in [7, 11) is 1.77. The zero-order chi connectivity index (χ0) is 15.4. The van der Waals surface area contributed by atoms with Crippen LogP contribution in [0.25, 0.3) is 10.8 Å². The van der Waals surface area contributed by atoms with Gasteiger partial charge in [0.05, 0.1) is 0 Å². The molecule has 0 fully saturated rings. The van der Waals surface area contributed by atoms with E-state index in [-0.39, 0.29) is 6.10 Å². The van der Waals surface area contributed by atoms with E-state index < -0.39 is 0 Å². The van der Waals surface area contributed by atoms with Crippen LogP contribution in [0.3, 0.4) is 0 Å². The number of benzene rings is 2. The summed E-state index contributed by atoms with van der Waals surface area (Å²) < 4.78 is 13.9. The van der Waals surface area contributed by atoms with Crippen molar-refractivity contribution < 1.29 is 6.15 Å². The number of fused-ring (bicyclic) bond motifs is 1. The summed E-state index contributed by atoms with van der Waals surface area (Å²) in [6, 6.07) is 18.6. The number of ether oxygens (including phenoxy) is 1. The van der Waals surface area contributed by atoms with Crippen LogP contribution in [0.1, 0.15) is 17.4 Å². The normalized spacial score (nSPS) is 13.3. The summed E-state index contributed by atoms with van der Waals surface area (Å²) in [6.45, 7) is 0.674. The molecule has 0 radical (unpaired) electrons. The van der Waals surface area contributed by atoms with E-state index in [1.54, 1.807) is 18.4 Å². The van der Waals surface area contributed by atoms with Crippen LogP contribution in [0.15, 0.2) is 60.0 Å². The monoisotopic (exact) mass is 298 g/mol. The molecule has 0 aliphatic rings. The topological polar surface area (TPSA) is 21.3 Å². The first-order chi connectivity index (χ1) is 10.7. The zero-order valence-electron chi connectivity index (χ0n) is 13.0. The Hall–Kier alpha value is -1.84. The van der Waals surface area contributed by atoms with Crippen LogP contribution >= 0.6 is 11.3 Å². The molecule has 0 amide bonds. The van der Waals surface area contributed by atoms with Gasteiger partial charge in [0.1, 0.15) is 13.3 Å². The lowest BCUT2D eigenvalue weighted by Crippen LogP contribution is -2.15. The van der Waals surface area contributed by atoms with Crippen LogP contribution < -0.4 is 10.0 Å². The third kappa shape index (κ3) is 3.26. The van der Waals surface area contributed by atoms with Gasteiger partial charge in [-0.25, -0.2) is 0 Å². The fraction of sp³-hybridized carbons (Fsp3) is 0.222. The van der Waals surface area contributed by atoms with Crippen molar-refractivity contribution in [3.05, 3.63) is 64.9 Å². The highest BCUT2D eigenvalue weighted by Crippen LogP contribution is 2.32. The molecule has 3 rings (SSSR count). The van der Waals surface area contributed by atoms with Gasteiger partial charge in [-0.2, -0.15) is 0 Å². The minimum atomic E-state index is -0.0152. The molecule has 0 aliphatic carbocycles. The minimum Gasteiger partial charge on any atom is -0.484 e. The van der Waals surface area contributed by atoms with Gasteiger partial charge in [-0.15, -0.1) is 11.3 Å². The van der Waals surface area contributed by atoms with E-state index in [0.29, 0.717) is 6.54 Å². The summed E-state index contributed by atoms with van der Waals surface area (Å²) in [4.78, 5) is 1.20. The van der Waals surface area contributed by atoms with Crippen molar-refractivity contribution in [2.75, 3.05) is 13.6 Å². The van der Waals surface area contributed by atoms with Crippen molar-refractivity contribution in [1.29, 1.82) is 0 Å². The second kappa shape index (κ2) is 6.74. The van der Waals surface area contributed by atoms with Crippen molar-refractivity contribution in [2.24, 2.45) is 0 Å². The Morgan fingerprint density at radius 1 is 1.14 bits per heavy atom. The summed E-state index contributed by atoms with van der Waals surface area (Å²) in [6.07, 6.45) is 0.780. The second-order valence-corrected chi connectivity index (χ2v) is 5.91. The van der Waals surface area contributed by atoms with Crippen LogP contribution in [0.5, 0.6) is 5.75 Å². The van der Waals surface area contributed by atoms with Gasteiger partial charge in [0, 0.05) is 16.7 Å². The lowest BCUT2D eigenvalue weighted by molar-refractivity contribution is 0.201. The molecule has 2 nitrogen and oxygen atoms in total. The Bertz CT molecular complexity index is 722. The van der Waals surface area contributed by atoms with Crippen LogP contribution in [0, 0.1) is 0 Å². The molecule has 3 heteroatoms. The number of hydrogen-bond donors (Lipinski definition) is 1. The van der Waals surface area contributed by atoms with E-state index in [9.17, 15) is 0 Å². The first kappa shape index (κ1) is 12.9. The highest BCUT2D eigenvalue weighted by molar-refractivity contribution is 7.10. The maximum atomic E-state index is 7.59. The molecule has 108 valence electrons. The second-order valence-electron chi connectivity index (χ2n) is 4.93. The van der Waals surface area contributed by atoms with Gasteiger partial charge in [-0.3, -0.25) is 0 Å². The predicted molar refractivity (Wildman–Crippen MR) is 90.2 cm³/mol. The van der Waals surface area contributed by atoms with Gasteiger partial charge in [0.2, 0.25) is 0 Å². The average molecular weight is 298 g/mol. The SMILES string of the molecule is [2H]N(C)CC[C@H](Oc1cccc2ccccc12)c1cccs1. The molecule has 0 unspecified atom stereocenters. The Morgan fingerprint density at radius 2 is 2.00 bits per heavy atom. The van der Waals surface area contributed by atoms with Gasteiger partial charge in [-0.1, -0.05) is 42.5 Å². The molecule has 0 saturated heterocycles. The van der Waals surface area contributed by atoms with Crippen LogP contribution in [0.4, 0.5) is 0 Å². The maximum Gasteiger partial charge on any atom is 0.134 e. The Balaban J connectivity index is 1.88. The van der Waals surface area contributed by atoms with E-state index in [0.717, 1.165) is 17.6 Å². The fourth-order valence-corrected chi connectivity index (χ4v) is 3.22. The first-order valence-corrected chi connectivity index (χ1v) is 8.00. The lowest BCUT2D eigenvalue weighted by atomic mass is 10.1. The number of thiophene rings is 1. The first-order valence-electron chi connectivity index (χ1n) is 7.56. The molecular formula is C18H19NOS. The van der Waals surface area contributed by atoms with Crippen LogP contribution in [0.2, 0.25) is 1.41 Å². The zero-order valence-corrected chi connectivity index (χ0v) is 12.8. The van der Waals surface area contributed by atoms with E-state index in [4.69, 9.17) is 6.15 Å². The minimum absolute atomic E-state index is 0.0152. The molecule has 21 heavy (non-hydrogen) atoms. The van der Waals surface area contributed by atoms with Crippen molar-refractivity contribution in [2.45, 2.75) is 12.5 Å². The molecular weight excluding hydrogens is 278 g/mol. The Morgan fingerprint density at radius 3 is 2.81 bits per heavy atom. The predicted octanol–water partition coefficient (Wildman–Crippen LogP) is 4.63. The largest absolute Gasteiger partial charge is 0.484 e. The molecule has 0 spiro atoms. The number of nitrogens with one attached hydrogen (secondary N) is 1. The molecule has 1 aromatic heterocycles. The maximum absolute atomic E-state index is 7.59. The lowest BCUT2D eigenvalue weighted by Gasteiger charge is -2.19. The summed E-state index contributed by atoms with van der Waals surface area (Å²) >= 11 is 1.70. The van der Waals surface area contributed by atoms with Crippen molar-refractivity contribution >= 4 is 22.1 Å². The Kier molecular flexibility index (Phi) is 4.13. The van der Waals surface area contributed by atoms with E-state index in [1.165, 1.54) is 15.6 Å². The Labute approximate surface area is 130 Å². The molecule has 1 atom stereocenters. The molecule has 1 heterocycles. The summed E-state index contributed by atoms with van der Waals surface area (Å²) in [5, 5.41) is 5.83. The molecule has 1 N–H and O–H groups in total.